The molecule has 0 radical (unpaired) electrons. The molecule has 2 rings (SSSR count). The van der Waals surface area contributed by atoms with Gasteiger partial charge in [-0.05, 0) is 48.5 Å². The third kappa shape index (κ3) is 5.25. The van der Waals surface area contributed by atoms with Crippen LogP contribution in [0.2, 0.25) is 0 Å². The number of amides is 2. The summed E-state index contributed by atoms with van der Waals surface area (Å²) in [7, 11) is -0.310. The number of carbonyl (C=O) groups excluding carboxylic acids is 2. The van der Waals surface area contributed by atoms with Crippen LogP contribution >= 0.6 is 0 Å². The van der Waals surface area contributed by atoms with Gasteiger partial charge in [0.1, 0.15) is 0 Å². The van der Waals surface area contributed by atoms with Crippen LogP contribution in [-0.2, 0) is 10.0 Å². The van der Waals surface area contributed by atoms with Gasteiger partial charge in [0.05, 0.1) is 4.90 Å². The number of hydrogen-bond acceptors (Lipinski definition) is 4. The molecule has 0 spiro atoms. The Morgan fingerprint density at radius 1 is 1.00 bits per heavy atom. The molecule has 8 heteroatoms. The van der Waals surface area contributed by atoms with Crippen LogP contribution in [0.4, 0.5) is 5.69 Å². The van der Waals surface area contributed by atoms with E-state index in [0.717, 1.165) is 0 Å². The van der Waals surface area contributed by atoms with Gasteiger partial charge in [-0.15, -0.1) is 6.58 Å². The Kier molecular flexibility index (Phi) is 6.49. The highest BCUT2D eigenvalue weighted by Gasteiger charge is 2.14. The van der Waals surface area contributed by atoms with Crippen molar-refractivity contribution in [1.82, 2.24) is 9.62 Å². The summed E-state index contributed by atoms with van der Waals surface area (Å²) in [4.78, 5) is 25.7. The number of benzene rings is 2. The molecule has 2 aromatic rings. The molecule has 27 heavy (non-hydrogen) atoms. The maximum Gasteiger partial charge on any atom is 0.255 e. The average Bonchev–Trinajstić information content (AvgIpc) is 2.66. The van der Waals surface area contributed by atoms with Gasteiger partial charge in [-0.3, -0.25) is 9.59 Å². The monoisotopic (exact) mass is 387 g/mol. The molecule has 7 nitrogen and oxygen atoms in total. The van der Waals surface area contributed by atoms with E-state index in [-0.39, 0.29) is 23.3 Å². The third-order valence-corrected chi connectivity index (χ3v) is 5.08. The molecule has 0 bridgehead atoms. The summed E-state index contributed by atoms with van der Waals surface area (Å²) in [5.74, 6) is -0.514. The van der Waals surface area contributed by atoms with Gasteiger partial charge < -0.3 is 10.2 Å². The first kappa shape index (κ1) is 20.3. The minimum Gasteiger partial charge on any atom is -0.345 e. The number of carbonyl (C=O) groups is 2. The fourth-order valence-electron chi connectivity index (χ4n) is 2.20. The van der Waals surface area contributed by atoms with Gasteiger partial charge in [0.2, 0.25) is 10.0 Å². The van der Waals surface area contributed by atoms with Crippen molar-refractivity contribution < 1.29 is 18.0 Å². The summed E-state index contributed by atoms with van der Waals surface area (Å²) in [5, 5.41) is 2.70. The standard InChI is InChI=1S/C19H21N3O4S/c1-4-13-20-27(25,26)17-11-7-14(8-12-17)18(23)21-16-9-5-15(6-10-16)19(24)22(2)3/h4-12,20H,1,13H2,2-3H3,(H,21,23). The zero-order valence-corrected chi connectivity index (χ0v) is 15.9. The average molecular weight is 387 g/mol. The molecule has 0 aliphatic rings. The third-order valence-electron chi connectivity index (χ3n) is 3.64. The first-order chi connectivity index (χ1) is 12.7. The van der Waals surface area contributed by atoms with Crippen molar-refractivity contribution in [2.75, 3.05) is 26.0 Å². The van der Waals surface area contributed by atoms with E-state index >= 15 is 0 Å². The summed E-state index contributed by atoms with van der Waals surface area (Å²) in [6, 6.07) is 12.1. The summed E-state index contributed by atoms with van der Waals surface area (Å²) in [6.45, 7) is 3.58. The fourth-order valence-corrected chi connectivity index (χ4v) is 3.19. The zero-order valence-electron chi connectivity index (χ0n) is 15.1. The number of sulfonamides is 1. The van der Waals surface area contributed by atoms with Crippen molar-refractivity contribution in [2.24, 2.45) is 0 Å². The van der Waals surface area contributed by atoms with E-state index in [1.165, 1.54) is 35.2 Å². The summed E-state index contributed by atoms with van der Waals surface area (Å²) in [5.41, 5.74) is 1.35. The Morgan fingerprint density at radius 2 is 1.56 bits per heavy atom. The Labute approximate surface area is 158 Å². The number of anilines is 1. The molecule has 2 N–H and O–H groups in total. The van der Waals surface area contributed by atoms with Crippen molar-refractivity contribution in [3.8, 4) is 0 Å². The lowest BCUT2D eigenvalue weighted by molar-refractivity contribution is 0.0827. The van der Waals surface area contributed by atoms with Gasteiger partial charge in [0.25, 0.3) is 11.8 Å². The molecule has 0 unspecified atom stereocenters. The van der Waals surface area contributed by atoms with Crippen LogP contribution in [0.15, 0.2) is 66.1 Å². The van der Waals surface area contributed by atoms with E-state index in [0.29, 0.717) is 16.8 Å². The minimum absolute atomic E-state index is 0.0625. The second-order valence-electron chi connectivity index (χ2n) is 5.90. The number of hydrogen-bond donors (Lipinski definition) is 2. The van der Waals surface area contributed by atoms with Crippen molar-refractivity contribution in [2.45, 2.75) is 4.90 Å². The SMILES string of the molecule is C=CCNS(=O)(=O)c1ccc(C(=O)Nc2ccc(C(=O)N(C)C)cc2)cc1. The fraction of sp³-hybridized carbons (Fsp3) is 0.158. The van der Waals surface area contributed by atoms with E-state index in [2.05, 4.69) is 16.6 Å². The second kappa shape index (κ2) is 8.61. The maximum atomic E-state index is 12.3. The molecule has 0 aromatic heterocycles. The van der Waals surface area contributed by atoms with Crippen molar-refractivity contribution in [3.63, 3.8) is 0 Å². The number of nitrogens with zero attached hydrogens (tertiary/aromatic N) is 1. The predicted molar refractivity (Wildman–Crippen MR) is 104 cm³/mol. The molecular formula is C19H21N3O4S. The molecule has 0 heterocycles. The van der Waals surface area contributed by atoms with Crippen LogP contribution in [0, 0.1) is 0 Å². The first-order valence-electron chi connectivity index (χ1n) is 8.08. The van der Waals surface area contributed by atoms with Crippen LogP contribution in [0.3, 0.4) is 0 Å². The lowest BCUT2D eigenvalue weighted by Crippen LogP contribution is -2.23. The second-order valence-corrected chi connectivity index (χ2v) is 7.66. The van der Waals surface area contributed by atoms with Crippen LogP contribution in [0.1, 0.15) is 20.7 Å². The molecule has 0 atom stereocenters. The van der Waals surface area contributed by atoms with E-state index in [4.69, 9.17) is 0 Å². The van der Waals surface area contributed by atoms with E-state index in [9.17, 15) is 18.0 Å². The van der Waals surface area contributed by atoms with Gasteiger partial charge in [-0.2, -0.15) is 0 Å². The minimum atomic E-state index is -3.63. The topological polar surface area (TPSA) is 95.6 Å². The highest BCUT2D eigenvalue weighted by molar-refractivity contribution is 7.89. The Hall–Kier alpha value is -2.97. The van der Waals surface area contributed by atoms with Crippen LogP contribution in [-0.4, -0.2) is 45.8 Å². The van der Waals surface area contributed by atoms with Crippen LogP contribution in [0.25, 0.3) is 0 Å². The van der Waals surface area contributed by atoms with Gasteiger partial charge in [-0.1, -0.05) is 6.08 Å². The highest BCUT2D eigenvalue weighted by Crippen LogP contribution is 2.14. The summed E-state index contributed by atoms with van der Waals surface area (Å²) >= 11 is 0. The lowest BCUT2D eigenvalue weighted by atomic mass is 10.1. The van der Waals surface area contributed by atoms with Crippen LogP contribution in [0.5, 0.6) is 0 Å². The molecule has 0 aliphatic carbocycles. The number of nitrogens with one attached hydrogen (secondary N) is 2. The van der Waals surface area contributed by atoms with E-state index in [1.54, 1.807) is 38.4 Å². The van der Waals surface area contributed by atoms with Crippen molar-refractivity contribution in [3.05, 3.63) is 72.3 Å². The van der Waals surface area contributed by atoms with Gasteiger partial charge in [0.15, 0.2) is 0 Å². The Morgan fingerprint density at radius 3 is 2.07 bits per heavy atom. The van der Waals surface area contributed by atoms with E-state index in [1.807, 2.05) is 0 Å². The molecular weight excluding hydrogens is 366 g/mol. The molecule has 2 aromatic carbocycles. The molecule has 0 fully saturated rings. The quantitative estimate of drug-likeness (QED) is 0.711. The highest BCUT2D eigenvalue weighted by atomic mass is 32.2. The largest absolute Gasteiger partial charge is 0.345 e. The van der Waals surface area contributed by atoms with Crippen molar-refractivity contribution >= 4 is 27.5 Å². The number of rotatable bonds is 7. The Balaban J connectivity index is 2.08. The Bertz CT molecular complexity index is 934. The molecule has 0 aliphatic heterocycles. The summed E-state index contributed by atoms with van der Waals surface area (Å²) in [6.07, 6.45) is 1.44. The smallest absolute Gasteiger partial charge is 0.255 e. The molecule has 142 valence electrons. The zero-order chi connectivity index (χ0) is 20.0. The predicted octanol–water partition coefficient (Wildman–Crippen LogP) is 2.11. The van der Waals surface area contributed by atoms with E-state index < -0.39 is 10.0 Å². The van der Waals surface area contributed by atoms with Gasteiger partial charge >= 0.3 is 0 Å². The molecule has 0 saturated carbocycles. The van der Waals surface area contributed by atoms with Gasteiger partial charge in [-0.25, -0.2) is 13.1 Å². The maximum absolute atomic E-state index is 12.3. The first-order valence-corrected chi connectivity index (χ1v) is 9.56. The molecule has 0 saturated heterocycles. The normalized spacial score (nSPS) is 10.9. The van der Waals surface area contributed by atoms with Crippen molar-refractivity contribution in [1.29, 1.82) is 0 Å². The van der Waals surface area contributed by atoms with Crippen LogP contribution < -0.4 is 10.0 Å². The van der Waals surface area contributed by atoms with Gasteiger partial charge in [0, 0.05) is 37.5 Å². The summed E-state index contributed by atoms with van der Waals surface area (Å²) < 4.78 is 26.4. The molecule has 2 amide bonds. The lowest BCUT2D eigenvalue weighted by Gasteiger charge is -2.11.